The number of hydrogen-bond acceptors (Lipinski definition) is 4. The van der Waals surface area contributed by atoms with E-state index in [4.69, 9.17) is 17.0 Å². The molecule has 2 N–H and O–H groups in total. The van der Waals surface area contributed by atoms with Crippen LogP contribution in [0.2, 0.25) is 0 Å². The Balaban J connectivity index is 1.58. The van der Waals surface area contributed by atoms with Crippen LogP contribution < -0.4 is 15.5 Å². The summed E-state index contributed by atoms with van der Waals surface area (Å²) in [5.74, 6) is 0.994. The molecule has 0 spiro atoms. The highest BCUT2D eigenvalue weighted by molar-refractivity contribution is 7.80. The van der Waals surface area contributed by atoms with Crippen LogP contribution in [0.1, 0.15) is 11.1 Å². The van der Waals surface area contributed by atoms with Crippen molar-refractivity contribution < 1.29 is 4.74 Å². The molecule has 0 bridgehead atoms. The average Bonchev–Trinajstić information content (AvgIpc) is 2.62. The lowest BCUT2D eigenvalue weighted by molar-refractivity contribution is 0.204. The van der Waals surface area contributed by atoms with Gasteiger partial charge in [0, 0.05) is 26.7 Å². The molecule has 0 fully saturated rings. The third-order valence-corrected chi connectivity index (χ3v) is 4.30. The van der Waals surface area contributed by atoms with Gasteiger partial charge < -0.3 is 20.3 Å². The van der Waals surface area contributed by atoms with Crippen LogP contribution in [0.15, 0.2) is 42.6 Å². The monoisotopic (exact) mass is 342 g/mol. The Labute approximate surface area is 148 Å². The second-order valence-corrected chi connectivity index (χ2v) is 6.13. The highest BCUT2D eigenvalue weighted by Crippen LogP contribution is 2.23. The number of nitrogens with zero attached hydrogens (tertiary/aromatic N) is 2. The number of aromatic nitrogens is 1. The number of anilines is 2. The van der Waals surface area contributed by atoms with Gasteiger partial charge in [-0.3, -0.25) is 0 Å². The predicted molar refractivity (Wildman–Crippen MR) is 102 cm³/mol. The molecule has 24 heavy (non-hydrogen) atoms. The molecule has 0 radical (unpaired) electrons. The van der Waals surface area contributed by atoms with E-state index < -0.39 is 0 Å². The summed E-state index contributed by atoms with van der Waals surface area (Å²) in [4.78, 5) is 6.88. The van der Waals surface area contributed by atoms with Crippen LogP contribution >= 0.6 is 12.2 Å². The zero-order valence-corrected chi connectivity index (χ0v) is 14.6. The molecule has 0 amide bonds. The predicted octanol–water partition coefficient (Wildman–Crippen LogP) is 2.58. The van der Waals surface area contributed by atoms with Gasteiger partial charge in [0.05, 0.1) is 18.5 Å². The first kappa shape index (κ1) is 16.7. The second-order valence-electron chi connectivity index (χ2n) is 5.72. The van der Waals surface area contributed by atoms with Crippen molar-refractivity contribution in [1.82, 2.24) is 10.3 Å². The number of fused-ring (bicyclic) bond motifs is 1. The quantitative estimate of drug-likeness (QED) is 0.643. The topological polar surface area (TPSA) is 49.4 Å². The molecular formula is C18H22N4OS. The molecule has 1 aromatic heterocycles. The van der Waals surface area contributed by atoms with Crippen LogP contribution in [0.25, 0.3) is 0 Å². The summed E-state index contributed by atoms with van der Waals surface area (Å²) in [7, 11) is 1.67. The molecule has 3 rings (SSSR count). The van der Waals surface area contributed by atoms with Crippen molar-refractivity contribution in [3.63, 3.8) is 0 Å². The Kier molecular flexibility index (Phi) is 5.61. The largest absolute Gasteiger partial charge is 0.383 e. The van der Waals surface area contributed by atoms with Crippen molar-refractivity contribution in [2.45, 2.75) is 13.0 Å². The van der Waals surface area contributed by atoms with Gasteiger partial charge in [0.25, 0.3) is 0 Å². The van der Waals surface area contributed by atoms with Gasteiger partial charge in [-0.2, -0.15) is 0 Å². The van der Waals surface area contributed by atoms with Crippen molar-refractivity contribution in [3.05, 3.63) is 53.7 Å². The molecule has 0 atom stereocenters. The van der Waals surface area contributed by atoms with Crippen molar-refractivity contribution in [1.29, 1.82) is 0 Å². The number of benzene rings is 1. The third-order valence-electron chi connectivity index (χ3n) is 4.05. The first-order chi connectivity index (χ1) is 11.8. The molecular weight excluding hydrogens is 320 g/mol. The standard InChI is InChI=1S/C18H22N4OS/c1-23-11-9-19-18(24)21-16-6-7-17(20-12-16)22-10-8-14-4-2-3-5-15(14)13-22/h2-7,12H,8-11,13H2,1H3,(H2,19,21,24). The lowest BCUT2D eigenvalue weighted by Crippen LogP contribution is -2.32. The Morgan fingerprint density at radius 2 is 2.08 bits per heavy atom. The number of methoxy groups -OCH3 is 1. The van der Waals surface area contributed by atoms with Gasteiger partial charge in [-0.05, 0) is 41.9 Å². The van der Waals surface area contributed by atoms with Gasteiger partial charge in [0.1, 0.15) is 5.82 Å². The zero-order chi connectivity index (χ0) is 16.8. The van der Waals surface area contributed by atoms with Crippen molar-refractivity contribution in [2.75, 3.05) is 37.0 Å². The van der Waals surface area contributed by atoms with Crippen LogP contribution in [0.5, 0.6) is 0 Å². The van der Waals surface area contributed by atoms with Crippen molar-refractivity contribution >= 4 is 28.8 Å². The SMILES string of the molecule is COCCNC(=S)Nc1ccc(N2CCc3ccccc3C2)nc1. The minimum absolute atomic E-state index is 0.577. The fourth-order valence-electron chi connectivity index (χ4n) is 2.78. The number of nitrogens with one attached hydrogen (secondary N) is 2. The molecule has 0 unspecified atom stereocenters. The van der Waals surface area contributed by atoms with E-state index in [-0.39, 0.29) is 0 Å². The van der Waals surface area contributed by atoms with Gasteiger partial charge in [-0.1, -0.05) is 24.3 Å². The Morgan fingerprint density at radius 3 is 2.83 bits per heavy atom. The van der Waals surface area contributed by atoms with E-state index >= 15 is 0 Å². The molecule has 5 nitrogen and oxygen atoms in total. The van der Waals surface area contributed by atoms with Crippen LogP contribution in [0, 0.1) is 0 Å². The van der Waals surface area contributed by atoms with E-state index in [9.17, 15) is 0 Å². The van der Waals surface area contributed by atoms with Gasteiger partial charge in [-0.25, -0.2) is 4.98 Å². The Hall–Kier alpha value is -2.18. The molecule has 0 saturated carbocycles. The van der Waals surface area contributed by atoms with E-state index in [0.717, 1.165) is 31.0 Å². The lowest BCUT2D eigenvalue weighted by Gasteiger charge is -2.29. The minimum Gasteiger partial charge on any atom is -0.383 e. The number of pyridine rings is 1. The van der Waals surface area contributed by atoms with Crippen LogP contribution in [-0.4, -0.2) is 36.9 Å². The van der Waals surface area contributed by atoms with Crippen LogP contribution in [-0.2, 0) is 17.7 Å². The summed E-state index contributed by atoms with van der Waals surface area (Å²) in [6, 6.07) is 12.7. The van der Waals surface area contributed by atoms with Gasteiger partial charge >= 0.3 is 0 Å². The maximum atomic E-state index is 5.24. The number of rotatable bonds is 5. The maximum absolute atomic E-state index is 5.24. The minimum atomic E-state index is 0.577. The fourth-order valence-corrected chi connectivity index (χ4v) is 3.00. The summed E-state index contributed by atoms with van der Waals surface area (Å²) < 4.78 is 4.98. The first-order valence-corrected chi connectivity index (χ1v) is 8.48. The third kappa shape index (κ3) is 4.21. The van der Waals surface area contributed by atoms with E-state index in [1.165, 1.54) is 11.1 Å². The number of thiocarbonyl (C=S) groups is 1. The molecule has 2 heterocycles. The molecule has 0 aliphatic carbocycles. The molecule has 1 aliphatic rings. The van der Waals surface area contributed by atoms with Gasteiger partial charge in [0.15, 0.2) is 5.11 Å². The molecule has 1 aromatic carbocycles. The molecule has 1 aliphatic heterocycles. The lowest BCUT2D eigenvalue weighted by atomic mass is 10.00. The summed E-state index contributed by atoms with van der Waals surface area (Å²) in [5, 5.41) is 6.79. The van der Waals surface area contributed by atoms with E-state index in [1.54, 1.807) is 7.11 Å². The molecule has 2 aromatic rings. The highest BCUT2D eigenvalue weighted by atomic mass is 32.1. The highest BCUT2D eigenvalue weighted by Gasteiger charge is 2.16. The summed E-state index contributed by atoms with van der Waals surface area (Å²) in [6.45, 7) is 3.21. The normalized spacial score (nSPS) is 13.3. The molecule has 6 heteroatoms. The van der Waals surface area contributed by atoms with E-state index in [2.05, 4.69) is 44.8 Å². The smallest absolute Gasteiger partial charge is 0.170 e. The Morgan fingerprint density at radius 1 is 1.25 bits per heavy atom. The van der Waals surface area contributed by atoms with E-state index in [0.29, 0.717) is 18.3 Å². The zero-order valence-electron chi connectivity index (χ0n) is 13.8. The van der Waals surface area contributed by atoms with Gasteiger partial charge in [-0.15, -0.1) is 0 Å². The number of ether oxygens (including phenoxy) is 1. The van der Waals surface area contributed by atoms with Crippen molar-refractivity contribution in [2.24, 2.45) is 0 Å². The second kappa shape index (κ2) is 8.08. The van der Waals surface area contributed by atoms with Crippen molar-refractivity contribution in [3.8, 4) is 0 Å². The van der Waals surface area contributed by atoms with Gasteiger partial charge in [0.2, 0.25) is 0 Å². The summed E-state index contributed by atoms with van der Waals surface area (Å²) >= 11 is 5.24. The van der Waals surface area contributed by atoms with Crippen LogP contribution in [0.3, 0.4) is 0 Å². The average molecular weight is 342 g/mol. The van der Waals surface area contributed by atoms with E-state index in [1.807, 2.05) is 18.3 Å². The fraction of sp³-hybridized carbons (Fsp3) is 0.333. The molecule has 0 saturated heterocycles. The summed E-state index contributed by atoms with van der Waals surface area (Å²) in [6.07, 6.45) is 2.88. The summed E-state index contributed by atoms with van der Waals surface area (Å²) in [5.41, 5.74) is 3.71. The Bertz CT molecular complexity index is 690. The number of hydrogen-bond donors (Lipinski definition) is 2. The first-order valence-electron chi connectivity index (χ1n) is 8.08. The van der Waals surface area contributed by atoms with Crippen LogP contribution in [0.4, 0.5) is 11.5 Å². The maximum Gasteiger partial charge on any atom is 0.170 e. The molecule has 126 valence electrons.